The summed E-state index contributed by atoms with van der Waals surface area (Å²) < 4.78 is 0. The van der Waals surface area contributed by atoms with Gasteiger partial charge in [-0.3, -0.25) is 9.59 Å². The molecule has 23 heavy (non-hydrogen) atoms. The van der Waals surface area contributed by atoms with Crippen LogP contribution in [0.5, 0.6) is 0 Å². The van der Waals surface area contributed by atoms with Crippen molar-refractivity contribution in [2.75, 3.05) is 19.6 Å². The first kappa shape index (κ1) is 17.5. The number of likely N-dealkylation sites (tertiary alicyclic amines) is 1. The van der Waals surface area contributed by atoms with E-state index in [4.69, 9.17) is 5.73 Å². The molecule has 1 aliphatic rings. The van der Waals surface area contributed by atoms with Crippen molar-refractivity contribution < 1.29 is 9.59 Å². The second kappa shape index (κ2) is 7.13. The number of piperidine rings is 1. The maximum absolute atomic E-state index is 12.4. The zero-order valence-corrected chi connectivity index (χ0v) is 14.3. The van der Waals surface area contributed by atoms with Crippen LogP contribution in [0.1, 0.15) is 54.3 Å². The van der Waals surface area contributed by atoms with Crippen LogP contribution in [-0.2, 0) is 0 Å². The van der Waals surface area contributed by atoms with Gasteiger partial charge < -0.3 is 16.0 Å². The second-order valence-corrected chi connectivity index (χ2v) is 7.45. The van der Waals surface area contributed by atoms with E-state index in [1.54, 1.807) is 24.3 Å². The number of carbonyl (C=O) groups excluding carboxylic acids is 2. The Balaban J connectivity index is 1.96. The predicted octanol–water partition coefficient (Wildman–Crippen LogP) is 2.03. The number of hydrogen-bond acceptors (Lipinski definition) is 3. The normalized spacial score (nSPS) is 16.3. The summed E-state index contributed by atoms with van der Waals surface area (Å²) in [6.45, 7) is 8.22. The highest BCUT2D eigenvalue weighted by Gasteiger charge is 2.21. The van der Waals surface area contributed by atoms with Gasteiger partial charge in [0, 0.05) is 36.8 Å². The van der Waals surface area contributed by atoms with E-state index in [1.807, 2.05) is 4.90 Å². The predicted molar refractivity (Wildman–Crippen MR) is 91.3 cm³/mol. The summed E-state index contributed by atoms with van der Waals surface area (Å²) in [7, 11) is 0. The minimum Gasteiger partial charge on any atom is -0.352 e. The van der Waals surface area contributed by atoms with E-state index in [0.717, 1.165) is 12.8 Å². The van der Waals surface area contributed by atoms with E-state index in [2.05, 4.69) is 26.1 Å². The number of carbonyl (C=O) groups is 2. The SMILES string of the molecule is CC(C)(C)CNC(=O)c1ccc(C(=O)N2CCC(N)CC2)cc1. The zero-order valence-electron chi connectivity index (χ0n) is 14.3. The number of nitrogens with zero attached hydrogens (tertiary/aromatic N) is 1. The first-order valence-electron chi connectivity index (χ1n) is 8.19. The third-order valence-corrected chi connectivity index (χ3v) is 4.00. The van der Waals surface area contributed by atoms with Gasteiger partial charge in [-0.1, -0.05) is 20.8 Å². The molecule has 126 valence electrons. The van der Waals surface area contributed by atoms with Crippen LogP contribution in [0.15, 0.2) is 24.3 Å². The maximum Gasteiger partial charge on any atom is 0.253 e. The molecule has 0 spiro atoms. The van der Waals surface area contributed by atoms with Crippen molar-refractivity contribution >= 4 is 11.8 Å². The molecule has 1 fully saturated rings. The van der Waals surface area contributed by atoms with Crippen LogP contribution >= 0.6 is 0 Å². The number of benzene rings is 1. The lowest BCUT2D eigenvalue weighted by atomic mass is 9.97. The van der Waals surface area contributed by atoms with Crippen LogP contribution in [0.25, 0.3) is 0 Å². The van der Waals surface area contributed by atoms with Crippen molar-refractivity contribution in [3.8, 4) is 0 Å². The number of rotatable bonds is 3. The molecule has 5 heteroatoms. The molecule has 1 aliphatic heterocycles. The molecule has 1 heterocycles. The Hall–Kier alpha value is -1.88. The standard InChI is InChI=1S/C18H27N3O2/c1-18(2,3)12-20-16(22)13-4-6-14(7-5-13)17(23)21-10-8-15(19)9-11-21/h4-7,15H,8-12,19H2,1-3H3,(H,20,22). The zero-order chi connectivity index (χ0) is 17.0. The summed E-state index contributed by atoms with van der Waals surface area (Å²) in [5.74, 6) is -0.0959. The molecule has 3 N–H and O–H groups in total. The lowest BCUT2D eigenvalue weighted by Crippen LogP contribution is -2.42. The van der Waals surface area contributed by atoms with Crippen molar-refractivity contribution in [3.63, 3.8) is 0 Å². The van der Waals surface area contributed by atoms with Crippen LogP contribution in [0.4, 0.5) is 0 Å². The molecular formula is C18H27N3O2. The molecule has 2 rings (SSSR count). The van der Waals surface area contributed by atoms with Gasteiger partial charge in [-0.25, -0.2) is 0 Å². The maximum atomic E-state index is 12.4. The summed E-state index contributed by atoms with van der Waals surface area (Å²) >= 11 is 0. The molecular weight excluding hydrogens is 290 g/mol. The number of hydrogen-bond donors (Lipinski definition) is 2. The second-order valence-electron chi connectivity index (χ2n) is 7.45. The van der Waals surface area contributed by atoms with Crippen molar-refractivity contribution in [2.45, 2.75) is 39.7 Å². The fraction of sp³-hybridized carbons (Fsp3) is 0.556. The number of nitrogens with two attached hydrogens (primary N) is 1. The Kier molecular flexibility index (Phi) is 5.42. The van der Waals surface area contributed by atoms with Gasteiger partial charge in [0.2, 0.25) is 0 Å². The molecule has 1 saturated heterocycles. The van der Waals surface area contributed by atoms with Crippen molar-refractivity contribution in [2.24, 2.45) is 11.1 Å². The monoisotopic (exact) mass is 317 g/mol. The first-order valence-corrected chi connectivity index (χ1v) is 8.19. The highest BCUT2D eigenvalue weighted by Crippen LogP contribution is 2.14. The fourth-order valence-electron chi connectivity index (χ4n) is 2.50. The number of nitrogens with one attached hydrogen (secondary N) is 1. The van der Waals surface area contributed by atoms with Crippen molar-refractivity contribution in [3.05, 3.63) is 35.4 Å². The van der Waals surface area contributed by atoms with Gasteiger partial charge in [0.15, 0.2) is 0 Å². The summed E-state index contributed by atoms with van der Waals surface area (Å²) in [6, 6.07) is 7.07. The Morgan fingerprint density at radius 3 is 2.17 bits per heavy atom. The van der Waals surface area contributed by atoms with E-state index in [9.17, 15) is 9.59 Å². The third kappa shape index (κ3) is 5.06. The Bertz CT molecular complexity index is 553. The largest absolute Gasteiger partial charge is 0.352 e. The molecule has 0 unspecified atom stereocenters. The van der Waals surface area contributed by atoms with E-state index in [0.29, 0.717) is 30.8 Å². The average molecular weight is 317 g/mol. The Morgan fingerprint density at radius 1 is 1.13 bits per heavy atom. The molecule has 0 radical (unpaired) electrons. The molecule has 0 aromatic heterocycles. The van der Waals surface area contributed by atoms with Gasteiger partial charge in [0.1, 0.15) is 0 Å². The topological polar surface area (TPSA) is 75.4 Å². The summed E-state index contributed by atoms with van der Waals surface area (Å²) in [4.78, 5) is 26.4. The third-order valence-electron chi connectivity index (χ3n) is 4.00. The van der Waals surface area contributed by atoms with Crippen molar-refractivity contribution in [1.29, 1.82) is 0 Å². The average Bonchev–Trinajstić information content (AvgIpc) is 2.52. The first-order chi connectivity index (χ1) is 10.8. The molecule has 1 aromatic rings. The van der Waals surface area contributed by atoms with Crippen LogP contribution in [0, 0.1) is 5.41 Å². The quantitative estimate of drug-likeness (QED) is 0.895. The summed E-state index contributed by atoms with van der Waals surface area (Å²) in [5, 5.41) is 2.91. The molecule has 0 atom stereocenters. The van der Waals surface area contributed by atoms with Gasteiger partial charge in [0.05, 0.1) is 0 Å². The van der Waals surface area contributed by atoms with E-state index in [-0.39, 0.29) is 23.3 Å². The highest BCUT2D eigenvalue weighted by atomic mass is 16.2. The molecule has 0 bridgehead atoms. The molecule has 0 aliphatic carbocycles. The highest BCUT2D eigenvalue weighted by molar-refractivity contribution is 5.97. The summed E-state index contributed by atoms with van der Waals surface area (Å²) in [6.07, 6.45) is 1.69. The minimum absolute atomic E-state index is 0.0125. The van der Waals surface area contributed by atoms with Gasteiger partial charge in [0.25, 0.3) is 11.8 Å². The van der Waals surface area contributed by atoms with Gasteiger partial charge in [-0.05, 0) is 42.5 Å². The smallest absolute Gasteiger partial charge is 0.253 e. The van der Waals surface area contributed by atoms with Crippen molar-refractivity contribution in [1.82, 2.24) is 10.2 Å². The Labute approximate surface area is 138 Å². The lowest BCUT2D eigenvalue weighted by molar-refractivity contribution is 0.0714. The Morgan fingerprint density at radius 2 is 1.65 bits per heavy atom. The van der Waals surface area contributed by atoms with E-state index >= 15 is 0 Å². The molecule has 2 amide bonds. The van der Waals surface area contributed by atoms with Gasteiger partial charge in [-0.2, -0.15) is 0 Å². The van der Waals surface area contributed by atoms with Gasteiger partial charge >= 0.3 is 0 Å². The fourth-order valence-corrected chi connectivity index (χ4v) is 2.50. The van der Waals surface area contributed by atoms with Crippen LogP contribution in [-0.4, -0.2) is 42.4 Å². The lowest BCUT2D eigenvalue weighted by Gasteiger charge is -2.30. The van der Waals surface area contributed by atoms with Crippen LogP contribution in [0.3, 0.4) is 0 Å². The molecule has 0 saturated carbocycles. The molecule has 1 aromatic carbocycles. The molecule has 5 nitrogen and oxygen atoms in total. The van der Waals surface area contributed by atoms with E-state index in [1.165, 1.54) is 0 Å². The van der Waals surface area contributed by atoms with E-state index < -0.39 is 0 Å². The minimum atomic E-state index is -0.108. The van der Waals surface area contributed by atoms with Crippen LogP contribution < -0.4 is 11.1 Å². The van der Waals surface area contributed by atoms with Crippen LogP contribution in [0.2, 0.25) is 0 Å². The number of amides is 2. The summed E-state index contributed by atoms with van der Waals surface area (Å²) in [5.41, 5.74) is 7.10. The van der Waals surface area contributed by atoms with Gasteiger partial charge in [-0.15, -0.1) is 0 Å².